The van der Waals surface area contributed by atoms with Gasteiger partial charge < -0.3 is 14.8 Å². The summed E-state index contributed by atoms with van der Waals surface area (Å²) in [5.74, 6) is 0.349. The Morgan fingerprint density at radius 3 is 2.62 bits per heavy atom. The number of fused-ring (bicyclic) bond motifs is 1. The number of amidine groups is 1. The Balaban J connectivity index is 1.39. The molecule has 3 aromatic carbocycles. The van der Waals surface area contributed by atoms with Gasteiger partial charge in [0.25, 0.3) is 0 Å². The maximum atomic E-state index is 13.2. The Kier molecular flexibility index (Phi) is 6.18. The SMILES string of the molecule is O=C(Nc1ccc(F)cc1)[C@@H]1CC(=O)N(Cc2ccc3c(c2)OCO3)C(=Nc2ccccc2)S1. The number of rotatable bonds is 5. The van der Waals surface area contributed by atoms with E-state index in [2.05, 4.69) is 10.3 Å². The molecule has 0 radical (unpaired) electrons. The summed E-state index contributed by atoms with van der Waals surface area (Å²) in [5.41, 5.74) is 1.99. The van der Waals surface area contributed by atoms with E-state index in [1.807, 2.05) is 48.5 Å². The third-order valence-electron chi connectivity index (χ3n) is 5.30. The molecule has 1 saturated heterocycles. The molecule has 1 N–H and O–H groups in total. The summed E-state index contributed by atoms with van der Waals surface area (Å²) in [7, 11) is 0. The maximum absolute atomic E-state index is 13.2. The predicted molar refractivity (Wildman–Crippen MR) is 128 cm³/mol. The molecule has 0 unspecified atom stereocenters. The van der Waals surface area contributed by atoms with E-state index in [0.717, 1.165) is 5.56 Å². The van der Waals surface area contributed by atoms with Crippen LogP contribution in [-0.4, -0.2) is 33.9 Å². The number of amides is 2. The minimum Gasteiger partial charge on any atom is -0.454 e. The molecule has 0 bridgehead atoms. The number of para-hydroxylation sites is 1. The number of ether oxygens (including phenoxy) is 2. The van der Waals surface area contributed by atoms with Crippen LogP contribution in [0.15, 0.2) is 77.8 Å². The summed E-state index contributed by atoms with van der Waals surface area (Å²) in [6, 6.07) is 20.3. The third kappa shape index (κ3) is 4.89. The normalized spacial score (nSPS) is 18.3. The van der Waals surface area contributed by atoms with Crippen LogP contribution in [0.3, 0.4) is 0 Å². The first-order valence-corrected chi connectivity index (χ1v) is 11.5. The molecule has 2 aliphatic heterocycles. The molecule has 172 valence electrons. The third-order valence-corrected chi connectivity index (χ3v) is 6.49. The van der Waals surface area contributed by atoms with Gasteiger partial charge in [0, 0.05) is 12.1 Å². The molecule has 2 aliphatic rings. The van der Waals surface area contributed by atoms with Gasteiger partial charge in [-0.15, -0.1) is 0 Å². The number of hydrogen-bond acceptors (Lipinski definition) is 6. The molecule has 0 aromatic heterocycles. The molecule has 5 rings (SSSR count). The lowest BCUT2D eigenvalue weighted by Crippen LogP contribution is -2.44. The molecule has 2 heterocycles. The largest absolute Gasteiger partial charge is 0.454 e. The Bertz CT molecular complexity index is 1250. The molecule has 1 fully saturated rings. The van der Waals surface area contributed by atoms with Gasteiger partial charge in [0.15, 0.2) is 16.7 Å². The van der Waals surface area contributed by atoms with Crippen molar-refractivity contribution in [2.24, 2.45) is 4.99 Å². The van der Waals surface area contributed by atoms with Crippen LogP contribution in [0.5, 0.6) is 11.5 Å². The number of aliphatic imine (C=N–C) groups is 1. The summed E-state index contributed by atoms with van der Waals surface area (Å²) in [4.78, 5) is 32.3. The Hall–Kier alpha value is -3.85. The highest BCUT2D eigenvalue weighted by Gasteiger charge is 2.36. The van der Waals surface area contributed by atoms with E-state index in [4.69, 9.17) is 9.47 Å². The lowest BCUT2D eigenvalue weighted by molar-refractivity contribution is -0.129. The minimum absolute atomic E-state index is 0.00998. The smallest absolute Gasteiger partial charge is 0.238 e. The van der Waals surface area contributed by atoms with E-state index in [-0.39, 0.29) is 31.6 Å². The Morgan fingerprint density at radius 2 is 1.82 bits per heavy atom. The molecular formula is C25H20FN3O4S. The molecule has 9 heteroatoms. The van der Waals surface area contributed by atoms with E-state index in [1.54, 1.807) is 4.90 Å². The Labute approximate surface area is 199 Å². The van der Waals surface area contributed by atoms with Crippen molar-refractivity contribution in [2.75, 3.05) is 12.1 Å². The van der Waals surface area contributed by atoms with E-state index in [0.29, 0.717) is 28.0 Å². The van der Waals surface area contributed by atoms with Crippen LogP contribution in [0.1, 0.15) is 12.0 Å². The lowest BCUT2D eigenvalue weighted by Gasteiger charge is -2.32. The zero-order valence-corrected chi connectivity index (χ0v) is 18.8. The molecule has 0 saturated carbocycles. The average molecular weight is 478 g/mol. The van der Waals surface area contributed by atoms with Crippen molar-refractivity contribution >= 4 is 40.1 Å². The monoisotopic (exact) mass is 477 g/mol. The first kappa shape index (κ1) is 22.0. The number of benzene rings is 3. The highest BCUT2D eigenvalue weighted by molar-refractivity contribution is 8.15. The topological polar surface area (TPSA) is 80.2 Å². The summed E-state index contributed by atoms with van der Waals surface area (Å²) >= 11 is 1.23. The van der Waals surface area contributed by atoms with Crippen LogP contribution in [0.2, 0.25) is 0 Å². The van der Waals surface area contributed by atoms with E-state index >= 15 is 0 Å². The first-order chi connectivity index (χ1) is 16.5. The molecule has 34 heavy (non-hydrogen) atoms. The number of nitrogens with one attached hydrogen (secondary N) is 1. The number of halogens is 1. The van der Waals surface area contributed by atoms with Crippen molar-refractivity contribution in [3.8, 4) is 11.5 Å². The standard InChI is InChI=1S/C25H20FN3O4S/c26-17-7-9-19(10-8-17)27-24(31)22-13-23(30)29(25(34-22)28-18-4-2-1-3-5-18)14-16-6-11-20-21(12-16)33-15-32-20/h1-12,22H,13-15H2,(H,27,31)/t22-/m0/s1. The van der Waals surface area contributed by atoms with E-state index in [9.17, 15) is 14.0 Å². The van der Waals surface area contributed by atoms with Crippen LogP contribution in [-0.2, 0) is 16.1 Å². The minimum atomic E-state index is -0.673. The summed E-state index contributed by atoms with van der Waals surface area (Å²) in [6.45, 7) is 0.448. The van der Waals surface area contributed by atoms with Gasteiger partial charge in [0.2, 0.25) is 18.6 Å². The summed E-state index contributed by atoms with van der Waals surface area (Å²) in [6.07, 6.45) is 0.00998. The number of hydrogen-bond donors (Lipinski definition) is 1. The van der Waals surface area contributed by atoms with Crippen molar-refractivity contribution in [3.05, 3.63) is 84.2 Å². The quantitative estimate of drug-likeness (QED) is 0.576. The number of carbonyl (C=O) groups excluding carboxylic acids is 2. The molecule has 2 amide bonds. The fraction of sp³-hybridized carbons (Fsp3) is 0.160. The van der Waals surface area contributed by atoms with Crippen molar-refractivity contribution < 1.29 is 23.5 Å². The highest BCUT2D eigenvalue weighted by Crippen LogP contribution is 2.35. The van der Waals surface area contributed by atoms with Gasteiger partial charge in [-0.2, -0.15) is 0 Å². The maximum Gasteiger partial charge on any atom is 0.238 e. The van der Waals surface area contributed by atoms with Crippen LogP contribution in [0, 0.1) is 5.82 Å². The number of anilines is 1. The fourth-order valence-electron chi connectivity index (χ4n) is 3.59. The predicted octanol–water partition coefficient (Wildman–Crippen LogP) is 4.71. The van der Waals surface area contributed by atoms with Crippen LogP contribution in [0.4, 0.5) is 15.8 Å². The molecule has 1 atom stereocenters. The van der Waals surface area contributed by atoms with Gasteiger partial charge in [-0.05, 0) is 54.1 Å². The second kappa shape index (κ2) is 9.56. The summed E-state index contributed by atoms with van der Waals surface area (Å²) < 4.78 is 24.0. The summed E-state index contributed by atoms with van der Waals surface area (Å²) in [5, 5.41) is 2.51. The van der Waals surface area contributed by atoms with Gasteiger partial charge in [-0.1, -0.05) is 36.0 Å². The van der Waals surface area contributed by atoms with Gasteiger partial charge in [-0.3, -0.25) is 14.5 Å². The van der Waals surface area contributed by atoms with Crippen molar-refractivity contribution in [1.29, 1.82) is 0 Å². The first-order valence-electron chi connectivity index (χ1n) is 10.6. The Morgan fingerprint density at radius 1 is 1.06 bits per heavy atom. The highest BCUT2D eigenvalue weighted by atomic mass is 32.2. The number of nitrogens with zero attached hydrogens (tertiary/aromatic N) is 2. The van der Waals surface area contributed by atoms with Gasteiger partial charge in [-0.25, -0.2) is 9.38 Å². The number of carbonyl (C=O) groups is 2. The molecular weight excluding hydrogens is 457 g/mol. The number of thioether (sulfide) groups is 1. The second-order valence-corrected chi connectivity index (χ2v) is 8.87. The van der Waals surface area contributed by atoms with Crippen LogP contribution in [0.25, 0.3) is 0 Å². The van der Waals surface area contributed by atoms with E-state index in [1.165, 1.54) is 36.0 Å². The molecule has 3 aromatic rings. The van der Waals surface area contributed by atoms with Gasteiger partial charge >= 0.3 is 0 Å². The fourth-order valence-corrected chi connectivity index (χ4v) is 4.69. The second-order valence-electron chi connectivity index (χ2n) is 7.70. The zero-order valence-electron chi connectivity index (χ0n) is 17.9. The van der Waals surface area contributed by atoms with Crippen molar-refractivity contribution in [1.82, 2.24) is 4.90 Å². The average Bonchev–Trinajstić information content (AvgIpc) is 3.31. The molecule has 0 spiro atoms. The van der Waals surface area contributed by atoms with Crippen LogP contribution >= 0.6 is 11.8 Å². The van der Waals surface area contributed by atoms with Gasteiger partial charge in [0.1, 0.15) is 11.1 Å². The van der Waals surface area contributed by atoms with Crippen LogP contribution < -0.4 is 14.8 Å². The van der Waals surface area contributed by atoms with Crippen molar-refractivity contribution in [2.45, 2.75) is 18.2 Å². The lowest BCUT2D eigenvalue weighted by atomic mass is 10.1. The molecule has 7 nitrogen and oxygen atoms in total. The zero-order chi connectivity index (χ0) is 23.5. The van der Waals surface area contributed by atoms with E-state index < -0.39 is 11.1 Å². The van der Waals surface area contributed by atoms with Crippen molar-refractivity contribution in [3.63, 3.8) is 0 Å². The molecule has 0 aliphatic carbocycles. The van der Waals surface area contributed by atoms with Gasteiger partial charge in [0.05, 0.1) is 12.2 Å².